The van der Waals surface area contributed by atoms with Crippen LogP contribution < -0.4 is 15.8 Å². The van der Waals surface area contributed by atoms with Gasteiger partial charge in [-0.2, -0.15) is 4.39 Å². The molecule has 0 aliphatic carbocycles. The van der Waals surface area contributed by atoms with Crippen LogP contribution in [0.2, 0.25) is 0 Å². The van der Waals surface area contributed by atoms with Crippen LogP contribution >= 0.6 is 0 Å². The van der Waals surface area contributed by atoms with Gasteiger partial charge in [-0.3, -0.25) is 10.2 Å². The first kappa shape index (κ1) is 37.8. The summed E-state index contributed by atoms with van der Waals surface area (Å²) in [4.78, 5) is 12.2. The van der Waals surface area contributed by atoms with Crippen molar-refractivity contribution in [2.45, 2.75) is 27.2 Å². The summed E-state index contributed by atoms with van der Waals surface area (Å²) in [5, 5.41) is 18.8. The summed E-state index contributed by atoms with van der Waals surface area (Å²) in [7, 11) is 3.85. The number of likely N-dealkylation sites (N-methyl/N-ethyl adjacent to an activating group) is 1. The molecule has 0 saturated carbocycles. The summed E-state index contributed by atoms with van der Waals surface area (Å²) < 4.78 is 33.3. The summed E-state index contributed by atoms with van der Waals surface area (Å²) in [5.41, 5.74) is 10.3. The van der Waals surface area contributed by atoms with Crippen LogP contribution in [0.3, 0.4) is 0 Å². The molecule has 44 heavy (non-hydrogen) atoms. The molecule has 0 amide bonds. The zero-order chi connectivity index (χ0) is 32.9. The van der Waals surface area contributed by atoms with Gasteiger partial charge in [-0.05, 0) is 90.8 Å². The zero-order valence-corrected chi connectivity index (χ0v) is 26.4. The average Bonchev–Trinajstić information content (AvgIpc) is 3.02. The van der Waals surface area contributed by atoms with Gasteiger partial charge >= 0.3 is 0 Å². The molecule has 3 aromatic rings. The summed E-state index contributed by atoms with van der Waals surface area (Å²) in [6.07, 6.45) is 4.54. The fourth-order valence-corrected chi connectivity index (χ4v) is 4.06. The lowest BCUT2D eigenvalue weighted by atomic mass is 9.87. The van der Waals surface area contributed by atoms with Gasteiger partial charge in [0.15, 0.2) is 0 Å². The number of aldehydes is 1. The van der Waals surface area contributed by atoms with E-state index in [2.05, 4.69) is 5.32 Å². The first-order valence-corrected chi connectivity index (χ1v) is 14.6. The fraction of sp³-hybridized carbons (Fsp3) is 0.314. The summed E-state index contributed by atoms with van der Waals surface area (Å²) in [6.45, 7) is 8.67. The van der Waals surface area contributed by atoms with Crippen LogP contribution in [-0.2, 0) is 4.79 Å². The molecule has 3 rings (SSSR count). The van der Waals surface area contributed by atoms with Gasteiger partial charge in [-0.15, -0.1) is 0 Å². The molecule has 0 heterocycles. The number of carbonyl (C=O) groups is 1. The Kier molecular flexibility index (Phi) is 18.5. The number of nitrogens with zero attached hydrogens (tertiary/aromatic N) is 1. The maximum atomic E-state index is 13.9. The van der Waals surface area contributed by atoms with Crippen molar-refractivity contribution in [2.24, 2.45) is 0 Å². The van der Waals surface area contributed by atoms with E-state index in [0.29, 0.717) is 37.4 Å². The molecule has 0 fully saturated rings. The number of aliphatic hydroxyl groups excluding tert-OH is 1. The Labute approximate surface area is 260 Å². The second-order valence-electron chi connectivity index (χ2n) is 9.50. The minimum absolute atomic E-state index is 0.0231. The monoisotopic (exact) mass is 608 g/mol. The number of nitrogens with two attached hydrogens (primary N) is 1. The Balaban J connectivity index is 0.00000108. The fourth-order valence-electron chi connectivity index (χ4n) is 4.06. The first-order valence-electron chi connectivity index (χ1n) is 14.6. The molecule has 0 radical (unpaired) electrons. The van der Waals surface area contributed by atoms with Crippen LogP contribution in [0.1, 0.15) is 49.4 Å². The number of anilines is 1. The van der Waals surface area contributed by atoms with Crippen molar-refractivity contribution >= 4 is 29.1 Å². The molecule has 0 aliphatic rings. The van der Waals surface area contributed by atoms with Crippen molar-refractivity contribution in [1.29, 1.82) is 5.41 Å². The van der Waals surface area contributed by atoms with E-state index < -0.39 is 5.97 Å². The molecule has 3 aromatic carbocycles. The number of halogens is 2. The lowest BCUT2D eigenvalue weighted by molar-refractivity contribution is -0.104. The van der Waals surface area contributed by atoms with Crippen LogP contribution in [0.4, 0.5) is 14.5 Å². The minimum Gasteiger partial charge on any atom is -0.492 e. The van der Waals surface area contributed by atoms with Crippen molar-refractivity contribution in [3.05, 3.63) is 107 Å². The summed E-state index contributed by atoms with van der Waals surface area (Å²) in [5.74, 6) is -0.744. The van der Waals surface area contributed by atoms with Crippen LogP contribution in [0.5, 0.6) is 5.75 Å². The smallest absolute Gasteiger partial charge is 0.214 e. The quantitative estimate of drug-likeness (QED) is 0.0423. The van der Waals surface area contributed by atoms with Crippen LogP contribution in [0.25, 0.3) is 11.1 Å². The van der Waals surface area contributed by atoms with E-state index in [1.165, 1.54) is 18.2 Å². The molecule has 0 unspecified atom stereocenters. The number of rotatable bonds is 14. The number of allylic oxidation sites excluding steroid dienone is 2. The highest BCUT2D eigenvalue weighted by Crippen LogP contribution is 2.36. The Morgan fingerprint density at radius 2 is 1.64 bits per heavy atom. The highest BCUT2D eigenvalue weighted by molar-refractivity contribution is 6.02. The Morgan fingerprint density at radius 1 is 1.02 bits per heavy atom. The third-order valence-corrected chi connectivity index (χ3v) is 6.14. The topological polar surface area (TPSA) is 112 Å². The molecule has 7 nitrogen and oxygen atoms in total. The van der Waals surface area contributed by atoms with Crippen LogP contribution in [-0.4, -0.2) is 69.2 Å². The van der Waals surface area contributed by atoms with E-state index >= 15 is 0 Å². The molecule has 0 spiro atoms. The average molecular weight is 609 g/mol. The van der Waals surface area contributed by atoms with Gasteiger partial charge in [0.1, 0.15) is 24.5 Å². The molecular weight excluding hydrogens is 562 g/mol. The van der Waals surface area contributed by atoms with Gasteiger partial charge in [-0.1, -0.05) is 57.2 Å². The number of hydrogen-bond donors (Lipinski definition) is 4. The van der Waals surface area contributed by atoms with E-state index in [-0.39, 0.29) is 23.7 Å². The third-order valence-electron chi connectivity index (χ3n) is 6.14. The summed E-state index contributed by atoms with van der Waals surface area (Å²) >= 11 is 0. The van der Waals surface area contributed by atoms with Crippen LogP contribution in [0, 0.1) is 11.2 Å². The molecule has 0 saturated heterocycles. The molecule has 0 aromatic heterocycles. The van der Waals surface area contributed by atoms with Crippen LogP contribution in [0.15, 0.2) is 78.9 Å². The van der Waals surface area contributed by atoms with E-state index in [0.717, 1.165) is 35.1 Å². The Morgan fingerprint density at radius 3 is 2.16 bits per heavy atom. The molecule has 9 heteroatoms. The number of aliphatic hydroxyl groups is 1. The largest absolute Gasteiger partial charge is 0.492 e. The van der Waals surface area contributed by atoms with Gasteiger partial charge in [0.05, 0.1) is 12.2 Å². The van der Waals surface area contributed by atoms with E-state index in [1.807, 2.05) is 64.0 Å². The maximum Gasteiger partial charge on any atom is 0.214 e. The van der Waals surface area contributed by atoms with Crippen molar-refractivity contribution in [1.82, 2.24) is 10.2 Å². The van der Waals surface area contributed by atoms with Crippen molar-refractivity contribution in [3.63, 3.8) is 0 Å². The first-order chi connectivity index (χ1) is 21.2. The number of carbonyl (C=O) groups excluding carboxylic acids is 1. The predicted octanol–water partition coefficient (Wildman–Crippen LogP) is 6.36. The van der Waals surface area contributed by atoms with Gasteiger partial charge in [0.2, 0.25) is 5.97 Å². The standard InChI is InChI=1S/C29H29F2N3O2.C4H11NO.C2H6/c1-2-25(20-5-10-23(30)11-6-20)28(22-9-14-27(32)26(19-22)29(31)33)21-7-12-24(13-8-21)36-18-16-34-15-3-4-17-35;1-5(2)3-4-6;1-2/h3-14,17,19,33-34H,2,15-16,18,32H2,1H3;6H,3-4H2,1-2H3;1-2H3/b4-3+,28-25+,33-29?;;. The predicted molar refractivity (Wildman–Crippen MR) is 178 cm³/mol. The van der Waals surface area contributed by atoms with Gasteiger partial charge in [-0.25, -0.2) is 4.39 Å². The summed E-state index contributed by atoms with van der Waals surface area (Å²) in [6, 6.07) is 18.8. The lowest BCUT2D eigenvalue weighted by Crippen LogP contribution is -2.21. The molecule has 0 bridgehead atoms. The second-order valence-corrected chi connectivity index (χ2v) is 9.50. The molecule has 0 aliphatic heterocycles. The zero-order valence-electron chi connectivity index (χ0n) is 26.4. The van der Waals surface area contributed by atoms with Crippen molar-refractivity contribution in [2.75, 3.05) is 52.7 Å². The number of hydrogen-bond acceptors (Lipinski definition) is 7. The molecule has 5 N–H and O–H groups in total. The Hall–Kier alpha value is -4.18. The number of benzene rings is 3. The van der Waals surface area contributed by atoms with E-state index in [9.17, 15) is 13.6 Å². The molecular formula is C35H46F2N4O3. The van der Waals surface area contributed by atoms with Gasteiger partial charge in [0, 0.05) is 25.3 Å². The lowest BCUT2D eigenvalue weighted by Gasteiger charge is -2.18. The van der Waals surface area contributed by atoms with Crippen molar-refractivity contribution < 1.29 is 23.4 Å². The SMILES string of the molecule is CC.CC/C(=C(/c1ccc(OCCNC/C=C/C=O)cc1)c1ccc(N)c(C(=N)F)c1)c1ccc(F)cc1.CN(C)CCO. The number of nitrogen functional groups attached to an aromatic ring is 1. The highest BCUT2D eigenvalue weighted by atomic mass is 19.1. The van der Waals surface area contributed by atoms with E-state index in [1.54, 1.807) is 36.4 Å². The second kappa shape index (κ2) is 21.5. The van der Waals surface area contributed by atoms with Gasteiger partial charge < -0.3 is 25.8 Å². The molecule has 238 valence electrons. The highest BCUT2D eigenvalue weighted by Gasteiger charge is 2.16. The van der Waals surface area contributed by atoms with Gasteiger partial charge in [0.25, 0.3) is 0 Å². The van der Waals surface area contributed by atoms with E-state index in [4.69, 9.17) is 21.0 Å². The van der Waals surface area contributed by atoms with Crippen molar-refractivity contribution in [3.8, 4) is 5.75 Å². The maximum absolute atomic E-state index is 13.9. The normalized spacial score (nSPS) is 11.2. The number of nitrogens with one attached hydrogen (secondary N) is 2. The number of ether oxygens (including phenoxy) is 1. The minimum atomic E-state index is -1.10. The molecule has 0 atom stereocenters. The third kappa shape index (κ3) is 13.0. The Bertz CT molecular complexity index is 1340.